The number of pyridine rings is 1. The lowest BCUT2D eigenvalue weighted by molar-refractivity contribution is 0.0863. The number of aliphatic hydroxyl groups is 5. The molecule has 20 heteroatoms. The molecule has 18 nitrogen and oxygen atoms in total. The normalized spacial score (nSPS) is 20.8. The van der Waals surface area contributed by atoms with Gasteiger partial charge in [0.2, 0.25) is 11.9 Å². The summed E-state index contributed by atoms with van der Waals surface area (Å²) in [6.45, 7) is 2.53. The van der Waals surface area contributed by atoms with Gasteiger partial charge in [-0.25, -0.2) is 9.97 Å². The number of halogens is 2. The lowest BCUT2D eigenvalue weighted by atomic mass is 9.93. The van der Waals surface area contributed by atoms with Crippen LogP contribution in [-0.4, -0.2) is 106 Å². The summed E-state index contributed by atoms with van der Waals surface area (Å²) < 4.78 is 0. The van der Waals surface area contributed by atoms with E-state index in [1.807, 2.05) is 34.1 Å². The van der Waals surface area contributed by atoms with Crippen LogP contribution >= 0.6 is 23.2 Å². The molecule has 0 spiro atoms. The molecule has 372 valence electrons. The Morgan fingerprint density at radius 1 is 0.657 bits per heavy atom. The molecule has 0 bridgehead atoms. The van der Waals surface area contributed by atoms with Gasteiger partial charge in [0.1, 0.15) is 22.8 Å². The summed E-state index contributed by atoms with van der Waals surface area (Å²) in [5, 5.41) is 61.6. The molecule has 3 aromatic heterocycles. The standard InChI is InChI=1S/C26H29ClN6O3.C24H32ClN5O4/c27-22-10-16(3-4-18(22)15-34)11-29-24-21(25(36)31-19-5-7-20(35)8-6-19)12-30-26(32-24)33-13-17-2-1-9-28-23(17)14-33;25-21-10-15(3-4-16(21)13-31)11-26-22-20(23(34)28-17-5-7-19(33)8-6-17)12-27-24(29-22)30-9-1-2-18(30)14-32/h1-4,9-10,12,19-20,34-35H,5-8,11,13-15H2,(H,31,36)(H,29,30,32);3-4,10,12,17-19,31-33H,1-2,5-9,11,13-14H2,(H,28,34)(H,26,27,29)/t;17?,18-,19?/m.0/s1. The summed E-state index contributed by atoms with van der Waals surface area (Å²) in [6, 6.07) is 14.8. The van der Waals surface area contributed by atoms with E-state index in [0.29, 0.717) is 108 Å². The number of benzene rings is 2. The second-order valence-electron chi connectivity index (χ2n) is 18.3. The number of aromatic nitrogens is 5. The van der Waals surface area contributed by atoms with Crippen LogP contribution in [0.25, 0.3) is 0 Å². The summed E-state index contributed by atoms with van der Waals surface area (Å²) in [5.41, 5.74) is 5.91. The van der Waals surface area contributed by atoms with E-state index in [1.165, 1.54) is 6.20 Å². The number of rotatable bonds is 15. The van der Waals surface area contributed by atoms with Crippen molar-refractivity contribution >= 4 is 58.5 Å². The second kappa shape index (κ2) is 23.9. The number of hydrogen-bond donors (Lipinski definition) is 9. The molecule has 0 radical (unpaired) electrons. The lowest BCUT2D eigenvalue weighted by Gasteiger charge is -2.27. The van der Waals surface area contributed by atoms with Crippen LogP contribution in [0.3, 0.4) is 0 Å². The van der Waals surface area contributed by atoms with Crippen LogP contribution in [0.4, 0.5) is 23.5 Å². The molecule has 2 aliphatic carbocycles. The molecule has 4 aliphatic rings. The molecule has 2 aromatic carbocycles. The minimum absolute atomic E-state index is 0.00520. The molecule has 2 aliphatic heterocycles. The highest BCUT2D eigenvalue weighted by Crippen LogP contribution is 2.29. The van der Waals surface area contributed by atoms with Crippen molar-refractivity contribution in [2.45, 2.75) is 134 Å². The molecule has 1 saturated heterocycles. The fourth-order valence-electron chi connectivity index (χ4n) is 9.26. The van der Waals surface area contributed by atoms with E-state index in [4.69, 9.17) is 28.2 Å². The Hall–Kier alpha value is -5.73. The van der Waals surface area contributed by atoms with Crippen molar-refractivity contribution < 1.29 is 35.1 Å². The molecular weight excluding hydrogens is 938 g/mol. The Morgan fingerprint density at radius 2 is 1.19 bits per heavy atom. The van der Waals surface area contributed by atoms with Gasteiger partial charge in [-0.05, 0) is 110 Å². The smallest absolute Gasteiger partial charge is 0.256 e. The number of carbonyl (C=O) groups excluding carboxylic acids is 2. The fraction of sp³-hybridized carbons (Fsp3) is 0.460. The zero-order chi connectivity index (χ0) is 49.1. The van der Waals surface area contributed by atoms with Crippen molar-refractivity contribution in [1.82, 2.24) is 35.6 Å². The first kappa shape index (κ1) is 50.7. The second-order valence-corrected chi connectivity index (χ2v) is 19.1. The highest BCUT2D eigenvalue weighted by atomic mass is 35.5. The van der Waals surface area contributed by atoms with Gasteiger partial charge in [0.05, 0.1) is 50.3 Å². The molecule has 5 heterocycles. The van der Waals surface area contributed by atoms with Gasteiger partial charge >= 0.3 is 0 Å². The van der Waals surface area contributed by atoms with Crippen LogP contribution in [0.1, 0.15) is 118 Å². The maximum atomic E-state index is 13.2. The third kappa shape index (κ3) is 12.8. The Balaban J connectivity index is 0.000000189. The Labute approximate surface area is 416 Å². The van der Waals surface area contributed by atoms with E-state index in [9.17, 15) is 35.1 Å². The molecule has 3 fully saturated rings. The highest BCUT2D eigenvalue weighted by molar-refractivity contribution is 6.31. The average Bonchev–Trinajstić information content (AvgIpc) is 4.05. The van der Waals surface area contributed by atoms with Gasteiger partial charge in [0, 0.05) is 66.9 Å². The van der Waals surface area contributed by atoms with Gasteiger partial charge in [0.25, 0.3) is 11.8 Å². The van der Waals surface area contributed by atoms with Gasteiger partial charge in [0.15, 0.2) is 0 Å². The molecule has 5 aromatic rings. The SMILES string of the molecule is O=C(NC1CCC(O)CC1)c1cnc(N2CCC[C@H]2CO)nc1NCc1ccc(CO)c(Cl)c1.O=C(NC1CCC(O)CC1)c1cnc(N2Cc3cccnc3C2)nc1NCc1ccc(CO)c(Cl)c1. The van der Waals surface area contributed by atoms with E-state index >= 15 is 0 Å². The summed E-state index contributed by atoms with van der Waals surface area (Å²) in [4.78, 5) is 53.2. The monoisotopic (exact) mass is 997 g/mol. The maximum absolute atomic E-state index is 13.2. The van der Waals surface area contributed by atoms with E-state index in [2.05, 4.69) is 41.2 Å². The third-order valence-electron chi connectivity index (χ3n) is 13.4. The largest absolute Gasteiger partial charge is 0.394 e. The third-order valence-corrected chi connectivity index (χ3v) is 14.1. The number of aliphatic hydroxyl groups excluding tert-OH is 5. The molecule has 70 heavy (non-hydrogen) atoms. The number of nitrogens with one attached hydrogen (secondary N) is 4. The molecule has 2 saturated carbocycles. The molecule has 0 unspecified atom stereocenters. The minimum Gasteiger partial charge on any atom is -0.394 e. The van der Waals surface area contributed by atoms with Crippen molar-refractivity contribution in [2.24, 2.45) is 0 Å². The number of fused-ring (bicyclic) bond motifs is 1. The Bertz CT molecular complexity index is 2570. The highest BCUT2D eigenvalue weighted by Gasteiger charge is 2.30. The summed E-state index contributed by atoms with van der Waals surface area (Å²) in [5.74, 6) is 1.32. The van der Waals surface area contributed by atoms with Crippen molar-refractivity contribution in [2.75, 3.05) is 33.6 Å². The first-order valence-electron chi connectivity index (χ1n) is 24.0. The Kier molecular flexibility index (Phi) is 17.3. The number of amides is 2. The van der Waals surface area contributed by atoms with Crippen LogP contribution in [0.5, 0.6) is 0 Å². The van der Waals surface area contributed by atoms with Gasteiger partial charge in [-0.3, -0.25) is 14.6 Å². The van der Waals surface area contributed by atoms with Gasteiger partial charge < -0.3 is 56.6 Å². The van der Waals surface area contributed by atoms with Crippen molar-refractivity contribution in [3.63, 3.8) is 0 Å². The Morgan fingerprint density at radius 3 is 1.69 bits per heavy atom. The molecule has 2 amide bonds. The van der Waals surface area contributed by atoms with E-state index in [1.54, 1.807) is 36.7 Å². The lowest BCUT2D eigenvalue weighted by Crippen LogP contribution is -2.39. The van der Waals surface area contributed by atoms with Crippen LogP contribution in [0, 0.1) is 0 Å². The molecule has 1 atom stereocenters. The van der Waals surface area contributed by atoms with Crippen LogP contribution < -0.4 is 31.1 Å². The van der Waals surface area contributed by atoms with Gasteiger partial charge in [-0.2, -0.15) is 9.97 Å². The molecule has 9 rings (SSSR count). The first-order valence-corrected chi connectivity index (χ1v) is 24.7. The zero-order valence-electron chi connectivity index (χ0n) is 38.9. The molecule has 9 N–H and O–H groups in total. The van der Waals surface area contributed by atoms with Gasteiger partial charge in [-0.15, -0.1) is 0 Å². The van der Waals surface area contributed by atoms with Gasteiger partial charge in [-0.1, -0.05) is 53.5 Å². The quantitative estimate of drug-likeness (QED) is 0.0636. The number of anilines is 4. The van der Waals surface area contributed by atoms with Crippen LogP contribution in [0.2, 0.25) is 10.0 Å². The maximum Gasteiger partial charge on any atom is 0.256 e. The number of carbonyl (C=O) groups is 2. The van der Waals surface area contributed by atoms with Crippen molar-refractivity contribution in [1.29, 1.82) is 0 Å². The topological polar surface area (TPSA) is 254 Å². The summed E-state index contributed by atoms with van der Waals surface area (Å²) >= 11 is 12.5. The van der Waals surface area contributed by atoms with Crippen LogP contribution in [0.15, 0.2) is 67.1 Å². The van der Waals surface area contributed by atoms with Crippen molar-refractivity contribution in [3.8, 4) is 0 Å². The molecular formula is C50H61Cl2N11O7. The van der Waals surface area contributed by atoms with E-state index in [-0.39, 0.29) is 62.0 Å². The van der Waals surface area contributed by atoms with E-state index in [0.717, 1.165) is 67.5 Å². The number of nitrogens with zero attached hydrogens (tertiary/aromatic N) is 7. The predicted octanol–water partition coefficient (Wildman–Crippen LogP) is 5.41. The summed E-state index contributed by atoms with van der Waals surface area (Å²) in [6.07, 6.45) is 11.8. The van der Waals surface area contributed by atoms with Crippen molar-refractivity contribution in [3.05, 3.63) is 122 Å². The summed E-state index contributed by atoms with van der Waals surface area (Å²) in [7, 11) is 0. The zero-order valence-corrected chi connectivity index (χ0v) is 40.4. The minimum atomic E-state index is -0.294. The fourth-order valence-corrected chi connectivity index (χ4v) is 9.79. The van der Waals surface area contributed by atoms with Crippen LogP contribution in [-0.2, 0) is 39.4 Å². The predicted molar refractivity (Wildman–Crippen MR) is 267 cm³/mol. The first-order chi connectivity index (χ1) is 34.0. The number of hydrogen-bond acceptors (Lipinski definition) is 16. The average molecular weight is 999 g/mol. The van der Waals surface area contributed by atoms with E-state index < -0.39 is 0 Å².